The number of fused-ring (bicyclic) bond motifs is 3. The second-order valence-electron chi connectivity index (χ2n) is 12.3. The molecule has 0 fully saturated rings. The molecule has 226 valence electrons. The molecule has 2 aliphatic heterocycles. The molecule has 0 N–H and O–H groups in total. The van der Waals surface area contributed by atoms with Gasteiger partial charge < -0.3 is 18.9 Å². The predicted molar refractivity (Wildman–Crippen MR) is 166 cm³/mol. The molecule has 0 aromatic heterocycles. The summed E-state index contributed by atoms with van der Waals surface area (Å²) in [5.74, 6) is -1.80. The summed E-state index contributed by atoms with van der Waals surface area (Å²) in [5, 5.41) is 0. The number of methoxy groups -OCH3 is 1. The molecule has 1 aliphatic carbocycles. The SMILES string of the molecule is CO[C@]12C=C[C@](C)(O1)[C@@H](OC(=O)/C=C/c1ccccc1)C[C@H]1C(C)=CC[C@H](C(C)C)[C@H]1/C=C\2C(=O)OCc1ccccc1. The smallest absolute Gasteiger partial charge is 0.339 e. The lowest BCUT2D eigenvalue weighted by Gasteiger charge is -2.41. The number of esters is 2. The Kier molecular flexibility index (Phi) is 9.19. The highest BCUT2D eigenvalue weighted by molar-refractivity contribution is 5.91. The Hall–Kier alpha value is -3.74. The first kappa shape index (κ1) is 30.7. The van der Waals surface area contributed by atoms with E-state index in [1.54, 1.807) is 12.2 Å². The number of hydrogen-bond acceptors (Lipinski definition) is 6. The van der Waals surface area contributed by atoms with E-state index in [2.05, 4.69) is 26.8 Å². The Labute approximate surface area is 255 Å². The van der Waals surface area contributed by atoms with Crippen LogP contribution in [0.5, 0.6) is 0 Å². The lowest BCUT2D eigenvalue weighted by Crippen LogP contribution is -2.48. The summed E-state index contributed by atoms with van der Waals surface area (Å²) >= 11 is 0. The number of allylic oxidation sites excluding steroid dienone is 3. The summed E-state index contributed by atoms with van der Waals surface area (Å²) in [6.07, 6.45) is 11.9. The van der Waals surface area contributed by atoms with Gasteiger partial charge in [-0.25, -0.2) is 9.59 Å². The Morgan fingerprint density at radius 3 is 2.42 bits per heavy atom. The van der Waals surface area contributed by atoms with Crippen molar-refractivity contribution >= 4 is 18.0 Å². The van der Waals surface area contributed by atoms with Crippen molar-refractivity contribution in [3.8, 4) is 0 Å². The van der Waals surface area contributed by atoms with Gasteiger partial charge in [0.15, 0.2) is 0 Å². The van der Waals surface area contributed by atoms with Crippen molar-refractivity contribution in [1.29, 1.82) is 0 Å². The molecule has 3 aliphatic rings. The summed E-state index contributed by atoms with van der Waals surface area (Å²) in [6, 6.07) is 19.2. The Morgan fingerprint density at radius 2 is 1.74 bits per heavy atom. The molecular formula is C37H42O6. The van der Waals surface area contributed by atoms with Gasteiger partial charge in [-0.15, -0.1) is 0 Å². The van der Waals surface area contributed by atoms with Gasteiger partial charge in [-0.05, 0) is 79.7 Å². The van der Waals surface area contributed by atoms with Gasteiger partial charge in [0.05, 0.1) is 5.57 Å². The fourth-order valence-corrected chi connectivity index (χ4v) is 6.60. The molecule has 0 radical (unpaired) electrons. The molecule has 0 saturated heterocycles. The molecule has 6 atom stereocenters. The van der Waals surface area contributed by atoms with Crippen molar-refractivity contribution in [2.75, 3.05) is 7.11 Å². The van der Waals surface area contributed by atoms with Gasteiger partial charge in [0.25, 0.3) is 0 Å². The minimum absolute atomic E-state index is 0.0164. The molecular weight excluding hydrogens is 540 g/mol. The second-order valence-corrected chi connectivity index (χ2v) is 12.3. The molecule has 43 heavy (non-hydrogen) atoms. The topological polar surface area (TPSA) is 71.1 Å². The van der Waals surface area contributed by atoms with Gasteiger partial charge in [0.1, 0.15) is 18.3 Å². The number of carbonyl (C=O) groups excluding carboxylic acids is 2. The zero-order chi connectivity index (χ0) is 30.6. The van der Waals surface area contributed by atoms with E-state index >= 15 is 0 Å². The van der Waals surface area contributed by atoms with E-state index in [1.807, 2.05) is 79.7 Å². The van der Waals surface area contributed by atoms with Crippen LogP contribution in [0.3, 0.4) is 0 Å². The first-order valence-corrected chi connectivity index (χ1v) is 15.1. The van der Waals surface area contributed by atoms with Crippen LogP contribution >= 0.6 is 0 Å². The minimum atomic E-state index is -1.49. The van der Waals surface area contributed by atoms with E-state index in [0.29, 0.717) is 17.9 Å². The van der Waals surface area contributed by atoms with Crippen molar-refractivity contribution < 1.29 is 28.5 Å². The van der Waals surface area contributed by atoms with E-state index in [0.717, 1.165) is 17.5 Å². The van der Waals surface area contributed by atoms with Gasteiger partial charge in [0.2, 0.25) is 5.79 Å². The molecule has 5 rings (SSSR count). The van der Waals surface area contributed by atoms with Crippen molar-refractivity contribution in [2.45, 2.75) is 64.6 Å². The molecule has 2 bridgehead atoms. The summed E-state index contributed by atoms with van der Waals surface area (Å²) < 4.78 is 24.8. The summed E-state index contributed by atoms with van der Waals surface area (Å²) in [4.78, 5) is 27.1. The number of ether oxygens (including phenoxy) is 4. The summed E-state index contributed by atoms with van der Waals surface area (Å²) in [7, 11) is 1.53. The fourth-order valence-electron chi connectivity index (χ4n) is 6.60. The first-order valence-electron chi connectivity index (χ1n) is 15.1. The average Bonchev–Trinajstić information content (AvgIpc) is 3.39. The highest BCUT2D eigenvalue weighted by Crippen LogP contribution is 2.49. The third-order valence-corrected chi connectivity index (χ3v) is 9.17. The van der Waals surface area contributed by atoms with Crippen LogP contribution in [-0.4, -0.2) is 36.5 Å². The molecule has 2 aromatic rings. The van der Waals surface area contributed by atoms with Crippen molar-refractivity contribution in [2.24, 2.45) is 23.7 Å². The zero-order valence-corrected chi connectivity index (χ0v) is 25.7. The quantitative estimate of drug-likeness (QED) is 0.186. The standard InChI is InChI=1S/C37H42O6/c1-25(2)29-18-16-26(3)30-23-33(42-34(38)19-17-27-12-8-6-9-13-27)36(4)20-21-37(40-5,43-36)32(22-31(29)30)35(39)41-24-28-14-10-7-11-15-28/h6-17,19-22,25,29-31,33H,18,23-24H2,1-5H3/b19-17+,32-22-/t29-,30+,31-,33+,36+,37-/m1/s1. The lowest BCUT2D eigenvalue weighted by molar-refractivity contribution is -0.227. The van der Waals surface area contributed by atoms with E-state index < -0.39 is 29.4 Å². The molecule has 0 amide bonds. The number of hydrogen-bond donors (Lipinski definition) is 0. The summed E-state index contributed by atoms with van der Waals surface area (Å²) in [5.41, 5.74) is 2.28. The van der Waals surface area contributed by atoms with Gasteiger partial charge >= 0.3 is 11.9 Å². The van der Waals surface area contributed by atoms with Gasteiger partial charge in [-0.1, -0.05) is 92.2 Å². The average molecular weight is 583 g/mol. The molecule has 6 heteroatoms. The normalized spacial score (nSPS) is 31.3. The van der Waals surface area contributed by atoms with Crippen LogP contribution in [0.4, 0.5) is 0 Å². The van der Waals surface area contributed by atoms with Crippen molar-refractivity contribution in [3.63, 3.8) is 0 Å². The molecule has 6 nitrogen and oxygen atoms in total. The van der Waals surface area contributed by atoms with Crippen LogP contribution in [0.15, 0.2) is 102 Å². The predicted octanol–water partition coefficient (Wildman–Crippen LogP) is 7.23. The van der Waals surface area contributed by atoms with Crippen LogP contribution in [-0.2, 0) is 35.1 Å². The molecule has 0 unspecified atom stereocenters. The maximum Gasteiger partial charge on any atom is 0.339 e. The van der Waals surface area contributed by atoms with Crippen molar-refractivity contribution in [1.82, 2.24) is 0 Å². The zero-order valence-electron chi connectivity index (χ0n) is 25.7. The van der Waals surface area contributed by atoms with E-state index in [1.165, 1.54) is 18.8 Å². The van der Waals surface area contributed by atoms with Crippen LogP contribution < -0.4 is 0 Å². The lowest BCUT2D eigenvalue weighted by atomic mass is 9.65. The number of rotatable bonds is 8. The maximum absolute atomic E-state index is 13.9. The number of carbonyl (C=O) groups is 2. The van der Waals surface area contributed by atoms with Crippen LogP contribution in [0.25, 0.3) is 6.08 Å². The minimum Gasteiger partial charge on any atom is -0.457 e. The highest BCUT2D eigenvalue weighted by Gasteiger charge is 2.55. The largest absolute Gasteiger partial charge is 0.457 e. The Balaban J connectivity index is 1.52. The third-order valence-electron chi connectivity index (χ3n) is 9.17. The summed E-state index contributed by atoms with van der Waals surface area (Å²) in [6.45, 7) is 8.58. The van der Waals surface area contributed by atoms with Crippen LogP contribution in [0.1, 0.15) is 51.7 Å². The van der Waals surface area contributed by atoms with Gasteiger partial charge in [-0.3, -0.25) is 0 Å². The monoisotopic (exact) mass is 582 g/mol. The Bertz CT molecular complexity index is 1420. The van der Waals surface area contributed by atoms with E-state index in [-0.39, 0.29) is 24.4 Å². The van der Waals surface area contributed by atoms with Gasteiger partial charge in [-0.2, -0.15) is 0 Å². The molecule has 0 spiro atoms. The molecule has 2 heterocycles. The highest BCUT2D eigenvalue weighted by atomic mass is 16.7. The number of benzene rings is 2. The van der Waals surface area contributed by atoms with E-state index in [9.17, 15) is 9.59 Å². The van der Waals surface area contributed by atoms with Crippen LogP contribution in [0, 0.1) is 23.7 Å². The third kappa shape index (κ3) is 6.61. The first-order chi connectivity index (χ1) is 20.6. The Morgan fingerprint density at radius 1 is 1.05 bits per heavy atom. The molecule has 2 aromatic carbocycles. The van der Waals surface area contributed by atoms with Gasteiger partial charge in [0, 0.05) is 13.2 Å². The van der Waals surface area contributed by atoms with Crippen LogP contribution in [0.2, 0.25) is 0 Å². The maximum atomic E-state index is 13.9. The van der Waals surface area contributed by atoms with E-state index in [4.69, 9.17) is 18.9 Å². The second kappa shape index (κ2) is 12.9. The van der Waals surface area contributed by atoms with Crippen molar-refractivity contribution in [3.05, 3.63) is 113 Å². The molecule has 0 saturated carbocycles. The fraction of sp³-hybridized carbons (Fsp3) is 0.405.